The average molecular weight is 385 g/mol. The van der Waals surface area contributed by atoms with Crippen LogP contribution in [0.2, 0.25) is 0 Å². The summed E-state index contributed by atoms with van der Waals surface area (Å²) < 4.78 is 1.97. The maximum absolute atomic E-state index is 9.31. The minimum absolute atomic E-state index is 0.00866. The lowest BCUT2D eigenvalue weighted by atomic mass is 10.1. The molecule has 0 aliphatic heterocycles. The number of oxime groups is 1. The Balaban J connectivity index is 1.59. The molecule has 29 heavy (non-hydrogen) atoms. The molecule has 4 aromatic rings. The molecule has 0 amide bonds. The SMILES string of the molecule is OCc1ccc(-c2nc3cnccn3c2Nc2ccc3c(c2)CCC3=NO)cc1. The van der Waals surface area contributed by atoms with Gasteiger partial charge < -0.3 is 15.6 Å². The van der Waals surface area contributed by atoms with Crippen LogP contribution in [0.25, 0.3) is 16.9 Å². The molecule has 0 saturated carbocycles. The summed E-state index contributed by atoms with van der Waals surface area (Å²) in [6, 6.07) is 13.8. The van der Waals surface area contributed by atoms with Crippen LogP contribution in [0.3, 0.4) is 0 Å². The number of nitrogens with one attached hydrogen (secondary N) is 1. The van der Waals surface area contributed by atoms with E-state index in [1.54, 1.807) is 12.4 Å². The molecule has 2 heterocycles. The monoisotopic (exact) mass is 385 g/mol. The first kappa shape index (κ1) is 17.4. The minimum atomic E-state index is 0.00866. The zero-order valence-electron chi connectivity index (χ0n) is 15.6. The summed E-state index contributed by atoms with van der Waals surface area (Å²) in [6.45, 7) is 0.00866. The third-order valence-electron chi connectivity index (χ3n) is 5.27. The largest absolute Gasteiger partial charge is 0.411 e. The molecule has 0 fully saturated rings. The number of rotatable bonds is 4. The molecule has 7 nitrogen and oxygen atoms in total. The predicted octanol–water partition coefficient (Wildman–Crippen LogP) is 3.76. The first-order chi connectivity index (χ1) is 14.3. The van der Waals surface area contributed by atoms with E-state index in [1.165, 1.54) is 0 Å². The van der Waals surface area contributed by atoms with Crippen LogP contribution in [-0.2, 0) is 13.0 Å². The second-order valence-electron chi connectivity index (χ2n) is 7.01. The highest BCUT2D eigenvalue weighted by molar-refractivity contribution is 6.04. The van der Waals surface area contributed by atoms with Crippen LogP contribution in [-0.4, -0.2) is 30.4 Å². The molecule has 0 spiro atoms. The zero-order valence-corrected chi connectivity index (χ0v) is 15.6. The summed E-state index contributed by atoms with van der Waals surface area (Å²) in [6.07, 6.45) is 6.94. The van der Waals surface area contributed by atoms with Gasteiger partial charge >= 0.3 is 0 Å². The zero-order chi connectivity index (χ0) is 19.8. The molecule has 0 unspecified atom stereocenters. The number of imidazole rings is 1. The van der Waals surface area contributed by atoms with E-state index in [0.717, 1.165) is 63.7 Å². The van der Waals surface area contributed by atoms with E-state index in [0.29, 0.717) is 0 Å². The Bertz CT molecular complexity index is 1230. The van der Waals surface area contributed by atoms with Crippen molar-refractivity contribution < 1.29 is 10.3 Å². The molecule has 1 aliphatic rings. The first-order valence-corrected chi connectivity index (χ1v) is 9.40. The lowest BCUT2D eigenvalue weighted by Crippen LogP contribution is -1.99. The van der Waals surface area contributed by atoms with E-state index in [9.17, 15) is 5.11 Å². The second kappa shape index (κ2) is 7.03. The quantitative estimate of drug-likeness (QED) is 0.367. The van der Waals surface area contributed by atoms with Crippen LogP contribution in [0.1, 0.15) is 23.1 Å². The number of aliphatic hydroxyl groups excluding tert-OH is 1. The number of fused-ring (bicyclic) bond motifs is 2. The Labute approximate surface area is 167 Å². The third kappa shape index (κ3) is 3.01. The third-order valence-corrected chi connectivity index (χ3v) is 5.27. The molecule has 7 heteroatoms. The normalized spacial score (nSPS) is 14.4. The molecule has 1 aliphatic carbocycles. The fourth-order valence-electron chi connectivity index (χ4n) is 3.78. The minimum Gasteiger partial charge on any atom is -0.411 e. The summed E-state index contributed by atoms with van der Waals surface area (Å²) in [7, 11) is 0. The summed E-state index contributed by atoms with van der Waals surface area (Å²) in [5.74, 6) is 0.841. The number of aromatic nitrogens is 3. The van der Waals surface area contributed by atoms with Crippen molar-refractivity contribution in [1.29, 1.82) is 0 Å². The van der Waals surface area contributed by atoms with E-state index >= 15 is 0 Å². The van der Waals surface area contributed by atoms with Gasteiger partial charge in [0.2, 0.25) is 0 Å². The molecule has 0 saturated heterocycles. The molecule has 5 rings (SSSR count). The van der Waals surface area contributed by atoms with Crippen molar-refractivity contribution in [2.45, 2.75) is 19.4 Å². The summed E-state index contributed by atoms with van der Waals surface area (Å²) >= 11 is 0. The molecule has 2 aromatic heterocycles. The topological polar surface area (TPSA) is 95.0 Å². The van der Waals surface area contributed by atoms with Gasteiger partial charge in [-0.15, -0.1) is 0 Å². The molecule has 2 aromatic carbocycles. The van der Waals surface area contributed by atoms with E-state index in [2.05, 4.69) is 21.5 Å². The Morgan fingerprint density at radius 3 is 2.76 bits per heavy atom. The second-order valence-corrected chi connectivity index (χ2v) is 7.01. The van der Waals surface area contributed by atoms with Gasteiger partial charge in [-0.3, -0.25) is 9.38 Å². The van der Waals surface area contributed by atoms with Gasteiger partial charge in [0.1, 0.15) is 11.5 Å². The van der Waals surface area contributed by atoms with E-state index in [4.69, 9.17) is 10.2 Å². The van der Waals surface area contributed by atoms with Gasteiger partial charge in [-0.25, -0.2) is 4.98 Å². The number of anilines is 2. The van der Waals surface area contributed by atoms with Crippen LogP contribution in [0.5, 0.6) is 0 Å². The van der Waals surface area contributed by atoms with Gasteiger partial charge in [0.15, 0.2) is 5.65 Å². The van der Waals surface area contributed by atoms with Gasteiger partial charge in [-0.05, 0) is 36.1 Å². The smallest absolute Gasteiger partial charge is 0.157 e. The van der Waals surface area contributed by atoms with Gasteiger partial charge in [0.05, 0.1) is 18.5 Å². The Morgan fingerprint density at radius 1 is 1.10 bits per heavy atom. The lowest BCUT2D eigenvalue weighted by Gasteiger charge is -2.11. The summed E-state index contributed by atoms with van der Waals surface area (Å²) in [5, 5.41) is 25.4. The number of nitrogens with zero attached hydrogens (tertiary/aromatic N) is 4. The van der Waals surface area contributed by atoms with Crippen LogP contribution < -0.4 is 5.32 Å². The van der Waals surface area contributed by atoms with Crippen molar-refractivity contribution in [3.63, 3.8) is 0 Å². The van der Waals surface area contributed by atoms with Crippen molar-refractivity contribution in [2.75, 3.05) is 5.32 Å². The van der Waals surface area contributed by atoms with Crippen molar-refractivity contribution in [2.24, 2.45) is 5.16 Å². The molecular formula is C22H19N5O2. The van der Waals surface area contributed by atoms with Gasteiger partial charge in [-0.2, -0.15) is 0 Å². The number of benzene rings is 2. The Hall–Kier alpha value is -3.71. The van der Waals surface area contributed by atoms with Crippen LogP contribution in [0.4, 0.5) is 11.5 Å². The van der Waals surface area contributed by atoms with Gasteiger partial charge in [-0.1, -0.05) is 35.5 Å². The Kier molecular flexibility index (Phi) is 4.22. The number of hydrogen-bond acceptors (Lipinski definition) is 6. The highest BCUT2D eigenvalue weighted by atomic mass is 16.4. The van der Waals surface area contributed by atoms with Gasteiger partial charge in [0.25, 0.3) is 0 Å². The highest BCUT2D eigenvalue weighted by Gasteiger charge is 2.20. The molecule has 0 radical (unpaired) electrons. The maximum atomic E-state index is 9.31. The molecule has 0 atom stereocenters. The van der Waals surface area contributed by atoms with Crippen molar-refractivity contribution in [3.8, 4) is 11.3 Å². The highest BCUT2D eigenvalue weighted by Crippen LogP contribution is 2.33. The van der Waals surface area contributed by atoms with Crippen molar-refractivity contribution >= 4 is 22.9 Å². The fourth-order valence-corrected chi connectivity index (χ4v) is 3.78. The van der Waals surface area contributed by atoms with E-state index in [-0.39, 0.29) is 6.61 Å². The number of aliphatic hydroxyl groups is 1. The standard InChI is InChI=1S/C22H19N5O2/c28-13-14-1-3-15(4-2-14)21-22(27-10-9-23-12-20(27)25-21)24-17-6-7-18-16(11-17)5-8-19(18)26-29/h1-4,6-7,9-12,24,28-29H,5,8,13H2. The lowest BCUT2D eigenvalue weighted by molar-refractivity contribution is 0.282. The Morgan fingerprint density at radius 2 is 1.97 bits per heavy atom. The number of hydrogen-bond donors (Lipinski definition) is 3. The predicted molar refractivity (Wildman–Crippen MR) is 111 cm³/mol. The number of aryl methyl sites for hydroxylation is 1. The van der Waals surface area contributed by atoms with Crippen LogP contribution >= 0.6 is 0 Å². The van der Waals surface area contributed by atoms with Crippen molar-refractivity contribution in [3.05, 3.63) is 77.7 Å². The molecule has 0 bridgehead atoms. The fraction of sp³-hybridized carbons (Fsp3) is 0.136. The average Bonchev–Trinajstić information content (AvgIpc) is 3.35. The summed E-state index contributed by atoms with van der Waals surface area (Å²) in [4.78, 5) is 8.94. The molecular weight excluding hydrogens is 366 g/mol. The van der Waals surface area contributed by atoms with Crippen molar-refractivity contribution in [1.82, 2.24) is 14.4 Å². The van der Waals surface area contributed by atoms with E-state index in [1.807, 2.05) is 47.0 Å². The van der Waals surface area contributed by atoms with Crippen LogP contribution in [0, 0.1) is 0 Å². The molecule has 144 valence electrons. The molecule has 3 N–H and O–H groups in total. The van der Waals surface area contributed by atoms with Gasteiger partial charge in [0, 0.05) is 29.2 Å². The maximum Gasteiger partial charge on any atom is 0.157 e. The van der Waals surface area contributed by atoms with E-state index < -0.39 is 0 Å². The van der Waals surface area contributed by atoms with Crippen LogP contribution in [0.15, 0.2) is 66.2 Å². The first-order valence-electron chi connectivity index (χ1n) is 9.40. The summed E-state index contributed by atoms with van der Waals surface area (Å²) in [5.41, 5.74) is 7.19.